The SMILES string of the molecule is CCOc1cc(C)ccc1NC(=O)COc1ccccc1. The maximum absolute atomic E-state index is 11.9. The standard InChI is InChI=1S/C17H19NO3/c1-3-20-16-11-13(2)9-10-15(16)18-17(19)12-21-14-7-5-4-6-8-14/h4-11H,3,12H2,1-2H3,(H,18,19). The number of anilines is 1. The fraction of sp³-hybridized carbons (Fsp3) is 0.235. The molecule has 0 fully saturated rings. The highest BCUT2D eigenvalue weighted by atomic mass is 16.5. The third kappa shape index (κ3) is 4.53. The molecule has 0 spiro atoms. The number of ether oxygens (including phenoxy) is 2. The molecule has 4 nitrogen and oxygen atoms in total. The summed E-state index contributed by atoms with van der Waals surface area (Å²) in [6, 6.07) is 14.9. The van der Waals surface area contributed by atoms with Gasteiger partial charge in [0.05, 0.1) is 12.3 Å². The molecule has 0 aliphatic carbocycles. The molecule has 0 saturated heterocycles. The lowest BCUT2D eigenvalue weighted by molar-refractivity contribution is -0.118. The van der Waals surface area contributed by atoms with Gasteiger partial charge < -0.3 is 14.8 Å². The zero-order valence-corrected chi connectivity index (χ0v) is 12.3. The Bertz CT molecular complexity index is 596. The molecular weight excluding hydrogens is 266 g/mol. The quantitative estimate of drug-likeness (QED) is 0.884. The molecule has 0 aliphatic rings. The topological polar surface area (TPSA) is 47.6 Å². The maximum Gasteiger partial charge on any atom is 0.262 e. The molecule has 0 atom stereocenters. The largest absolute Gasteiger partial charge is 0.492 e. The number of rotatable bonds is 6. The minimum Gasteiger partial charge on any atom is -0.492 e. The highest BCUT2D eigenvalue weighted by Crippen LogP contribution is 2.25. The number of carbonyl (C=O) groups excluding carboxylic acids is 1. The third-order valence-electron chi connectivity index (χ3n) is 2.82. The molecular formula is C17H19NO3. The number of hydrogen-bond acceptors (Lipinski definition) is 3. The van der Waals surface area contributed by atoms with Gasteiger partial charge in [0.25, 0.3) is 5.91 Å². The van der Waals surface area contributed by atoms with E-state index in [2.05, 4.69) is 5.32 Å². The molecule has 0 aromatic heterocycles. The van der Waals surface area contributed by atoms with Crippen molar-refractivity contribution < 1.29 is 14.3 Å². The van der Waals surface area contributed by atoms with E-state index >= 15 is 0 Å². The molecule has 2 aromatic rings. The number of carbonyl (C=O) groups is 1. The summed E-state index contributed by atoms with van der Waals surface area (Å²) in [6.07, 6.45) is 0. The van der Waals surface area contributed by atoms with Gasteiger partial charge in [-0.25, -0.2) is 0 Å². The average Bonchev–Trinajstić information content (AvgIpc) is 2.49. The summed E-state index contributed by atoms with van der Waals surface area (Å²) >= 11 is 0. The van der Waals surface area contributed by atoms with Gasteiger partial charge in [0.2, 0.25) is 0 Å². The Labute approximate surface area is 124 Å². The van der Waals surface area contributed by atoms with Crippen LogP contribution in [0.15, 0.2) is 48.5 Å². The van der Waals surface area contributed by atoms with Crippen molar-refractivity contribution in [3.63, 3.8) is 0 Å². The zero-order valence-electron chi connectivity index (χ0n) is 12.3. The highest BCUT2D eigenvalue weighted by molar-refractivity contribution is 5.93. The van der Waals surface area contributed by atoms with Gasteiger partial charge in [-0.3, -0.25) is 4.79 Å². The first-order valence-electron chi connectivity index (χ1n) is 6.90. The van der Waals surface area contributed by atoms with E-state index in [1.807, 2.05) is 62.4 Å². The van der Waals surface area contributed by atoms with Gasteiger partial charge in [-0.05, 0) is 43.7 Å². The molecule has 110 valence electrons. The Hall–Kier alpha value is -2.49. The predicted octanol–water partition coefficient (Wildman–Crippen LogP) is 3.41. The van der Waals surface area contributed by atoms with Crippen molar-refractivity contribution in [1.29, 1.82) is 0 Å². The van der Waals surface area contributed by atoms with Gasteiger partial charge in [0, 0.05) is 0 Å². The molecule has 4 heteroatoms. The maximum atomic E-state index is 11.9. The average molecular weight is 285 g/mol. The summed E-state index contributed by atoms with van der Waals surface area (Å²) in [4.78, 5) is 11.9. The van der Waals surface area contributed by atoms with Crippen molar-refractivity contribution in [2.75, 3.05) is 18.5 Å². The second kappa shape index (κ2) is 7.33. The monoisotopic (exact) mass is 285 g/mol. The van der Waals surface area contributed by atoms with E-state index in [-0.39, 0.29) is 12.5 Å². The van der Waals surface area contributed by atoms with Crippen molar-refractivity contribution in [3.05, 3.63) is 54.1 Å². The second-order valence-corrected chi connectivity index (χ2v) is 4.58. The Morgan fingerprint density at radius 2 is 1.86 bits per heavy atom. The van der Waals surface area contributed by atoms with Crippen molar-refractivity contribution in [2.45, 2.75) is 13.8 Å². The normalized spacial score (nSPS) is 10.0. The third-order valence-corrected chi connectivity index (χ3v) is 2.82. The van der Waals surface area contributed by atoms with Gasteiger partial charge in [0.1, 0.15) is 11.5 Å². The lowest BCUT2D eigenvalue weighted by Gasteiger charge is -2.12. The van der Waals surface area contributed by atoms with Crippen LogP contribution in [0, 0.1) is 6.92 Å². The highest BCUT2D eigenvalue weighted by Gasteiger charge is 2.08. The number of amides is 1. The lowest BCUT2D eigenvalue weighted by Crippen LogP contribution is -2.20. The number of aryl methyl sites for hydroxylation is 1. The molecule has 1 N–H and O–H groups in total. The van der Waals surface area contributed by atoms with E-state index in [9.17, 15) is 4.79 Å². The Morgan fingerprint density at radius 1 is 1.10 bits per heavy atom. The van der Waals surface area contributed by atoms with E-state index in [0.29, 0.717) is 23.8 Å². The molecule has 0 bridgehead atoms. The summed E-state index contributed by atoms with van der Waals surface area (Å²) < 4.78 is 10.9. The van der Waals surface area contributed by atoms with Crippen molar-refractivity contribution in [3.8, 4) is 11.5 Å². The smallest absolute Gasteiger partial charge is 0.262 e. The molecule has 0 saturated carbocycles. The van der Waals surface area contributed by atoms with Crippen molar-refractivity contribution >= 4 is 11.6 Å². The van der Waals surface area contributed by atoms with Crippen LogP contribution in [0.25, 0.3) is 0 Å². The van der Waals surface area contributed by atoms with Gasteiger partial charge >= 0.3 is 0 Å². The van der Waals surface area contributed by atoms with Gasteiger partial charge in [-0.15, -0.1) is 0 Å². The van der Waals surface area contributed by atoms with E-state index in [4.69, 9.17) is 9.47 Å². The molecule has 1 amide bonds. The molecule has 0 aliphatic heterocycles. The Balaban J connectivity index is 1.96. The summed E-state index contributed by atoms with van der Waals surface area (Å²) in [6.45, 7) is 4.40. The van der Waals surface area contributed by atoms with Gasteiger partial charge in [-0.1, -0.05) is 24.3 Å². The molecule has 2 aromatic carbocycles. The van der Waals surface area contributed by atoms with E-state index < -0.39 is 0 Å². The zero-order chi connectivity index (χ0) is 15.1. The fourth-order valence-electron chi connectivity index (χ4n) is 1.86. The van der Waals surface area contributed by atoms with Crippen LogP contribution in [0.5, 0.6) is 11.5 Å². The van der Waals surface area contributed by atoms with Crippen LogP contribution in [0.1, 0.15) is 12.5 Å². The minimum absolute atomic E-state index is 0.0382. The number of nitrogens with one attached hydrogen (secondary N) is 1. The summed E-state index contributed by atoms with van der Waals surface area (Å²) in [5.41, 5.74) is 1.74. The fourth-order valence-corrected chi connectivity index (χ4v) is 1.86. The number of hydrogen-bond donors (Lipinski definition) is 1. The van der Waals surface area contributed by atoms with Crippen molar-refractivity contribution in [1.82, 2.24) is 0 Å². The van der Waals surface area contributed by atoms with Crippen LogP contribution in [0.3, 0.4) is 0 Å². The first-order valence-corrected chi connectivity index (χ1v) is 6.90. The van der Waals surface area contributed by atoms with Crippen LogP contribution in [0.2, 0.25) is 0 Å². The van der Waals surface area contributed by atoms with Crippen molar-refractivity contribution in [2.24, 2.45) is 0 Å². The minimum atomic E-state index is -0.219. The first-order chi connectivity index (χ1) is 10.2. The number of para-hydroxylation sites is 1. The second-order valence-electron chi connectivity index (χ2n) is 4.58. The van der Waals surface area contributed by atoms with Crippen LogP contribution in [0.4, 0.5) is 5.69 Å². The Kier molecular flexibility index (Phi) is 5.21. The molecule has 2 rings (SSSR count). The molecule has 0 radical (unpaired) electrons. The summed E-state index contributed by atoms with van der Waals surface area (Å²) in [7, 11) is 0. The van der Waals surface area contributed by atoms with E-state index in [1.54, 1.807) is 0 Å². The lowest BCUT2D eigenvalue weighted by atomic mass is 10.2. The summed E-state index contributed by atoms with van der Waals surface area (Å²) in [5.74, 6) is 1.12. The van der Waals surface area contributed by atoms with E-state index in [1.165, 1.54) is 0 Å². The van der Waals surface area contributed by atoms with E-state index in [0.717, 1.165) is 5.56 Å². The first kappa shape index (κ1) is 14.9. The van der Waals surface area contributed by atoms with Crippen LogP contribution < -0.4 is 14.8 Å². The molecule has 0 unspecified atom stereocenters. The van der Waals surface area contributed by atoms with Crippen LogP contribution in [-0.2, 0) is 4.79 Å². The summed E-state index contributed by atoms with van der Waals surface area (Å²) in [5, 5.41) is 2.80. The Morgan fingerprint density at radius 3 is 2.57 bits per heavy atom. The van der Waals surface area contributed by atoms with Gasteiger partial charge in [0.15, 0.2) is 6.61 Å². The predicted molar refractivity (Wildman–Crippen MR) is 82.9 cm³/mol. The van der Waals surface area contributed by atoms with Crippen LogP contribution >= 0.6 is 0 Å². The number of benzene rings is 2. The van der Waals surface area contributed by atoms with Gasteiger partial charge in [-0.2, -0.15) is 0 Å². The molecule has 21 heavy (non-hydrogen) atoms. The molecule has 0 heterocycles. The van der Waals surface area contributed by atoms with Crippen LogP contribution in [-0.4, -0.2) is 19.1 Å².